The Morgan fingerprint density at radius 3 is 2.12 bits per heavy atom. The van der Waals surface area contributed by atoms with Gasteiger partial charge in [-0.15, -0.1) is 0 Å². The minimum absolute atomic E-state index is 0.0488. The Morgan fingerprint density at radius 2 is 1.69 bits per heavy atom. The highest BCUT2D eigenvalue weighted by Gasteiger charge is 2.13. The van der Waals surface area contributed by atoms with Gasteiger partial charge in [0.1, 0.15) is 0 Å². The molecule has 0 aromatic heterocycles. The number of aliphatic carboxylic acids is 1. The Morgan fingerprint density at radius 1 is 1.12 bits per heavy atom. The number of amides is 3. The van der Waals surface area contributed by atoms with Gasteiger partial charge in [0, 0.05) is 12.5 Å². The molecule has 0 radical (unpaired) electrons. The van der Waals surface area contributed by atoms with E-state index in [0.29, 0.717) is 0 Å². The highest BCUT2D eigenvalue weighted by molar-refractivity contribution is 5.95. The number of hydrogen-bond acceptors (Lipinski definition) is 3. The van der Waals surface area contributed by atoms with E-state index < -0.39 is 17.9 Å². The maximum absolute atomic E-state index is 11.2. The second-order valence-electron chi connectivity index (χ2n) is 3.95. The van der Waals surface area contributed by atoms with Crippen LogP contribution in [0, 0.1) is 5.92 Å². The Kier molecular flexibility index (Phi) is 6.14. The molecule has 1 atom stereocenters. The monoisotopic (exact) mass is 230 g/mol. The average Bonchev–Trinajstić information content (AvgIpc) is 2.14. The first kappa shape index (κ1) is 14.4. The van der Waals surface area contributed by atoms with Crippen LogP contribution in [-0.4, -0.2) is 29.1 Å². The van der Waals surface area contributed by atoms with Crippen molar-refractivity contribution in [2.75, 3.05) is 0 Å². The lowest BCUT2D eigenvalue weighted by atomic mass is 10.1. The Bertz CT molecular complexity index is 276. The van der Waals surface area contributed by atoms with Crippen molar-refractivity contribution >= 4 is 17.9 Å². The molecule has 0 aromatic carbocycles. The van der Waals surface area contributed by atoms with Crippen molar-refractivity contribution in [3.63, 3.8) is 0 Å². The summed E-state index contributed by atoms with van der Waals surface area (Å²) in [5, 5.41) is 13.0. The van der Waals surface area contributed by atoms with Gasteiger partial charge in [-0.1, -0.05) is 13.8 Å². The van der Waals surface area contributed by atoms with Crippen LogP contribution in [-0.2, 0) is 9.59 Å². The molecule has 3 amide bonds. The zero-order chi connectivity index (χ0) is 12.7. The number of hydrogen-bond donors (Lipinski definition) is 3. The molecule has 3 N–H and O–H groups in total. The number of urea groups is 1. The number of nitrogens with one attached hydrogen (secondary N) is 2. The molecule has 1 unspecified atom stereocenters. The Balaban J connectivity index is 3.87. The van der Waals surface area contributed by atoms with Gasteiger partial charge in [-0.25, -0.2) is 4.79 Å². The average molecular weight is 230 g/mol. The first-order valence-corrected chi connectivity index (χ1v) is 5.15. The summed E-state index contributed by atoms with van der Waals surface area (Å²) in [5.74, 6) is -1.39. The van der Waals surface area contributed by atoms with Crippen LogP contribution >= 0.6 is 0 Å². The van der Waals surface area contributed by atoms with E-state index in [0.717, 1.165) is 0 Å². The molecule has 6 heteroatoms. The molecule has 0 aromatic rings. The highest BCUT2D eigenvalue weighted by Crippen LogP contribution is 1.99. The third kappa shape index (κ3) is 6.80. The number of carboxylic acids is 1. The van der Waals surface area contributed by atoms with Crippen molar-refractivity contribution in [3.8, 4) is 0 Å². The number of rotatable bonds is 5. The Hall–Kier alpha value is -1.59. The fraction of sp³-hybridized carbons (Fsp3) is 0.700. The quantitative estimate of drug-likeness (QED) is 0.648. The molecule has 0 fully saturated rings. The molecule has 0 saturated heterocycles. The van der Waals surface area contributed by atoms with E-state index in [2.05, 4.69) is 10.6 Å². The number of carbonyl (C=O) groups excluding carboxylic acids is 2. The lowest BCUT2D eigenvalue weighted by Crippen LogP contribution is -2.45. The standard InChI is InChI=1S/C10H18N2O4/c1-6(2)7(3)11-10(16)12-8(13)4-5-9(14)15/h6-7H,4-5H2,1-3H3,(H,14,15)(H2,11,12,13,16). The summed E-state index contributed by atoms with van der Waals surface area (Å²) >= 11 is 0. The number of carboxylic acid groups (broad SMARTS) is 1. The van der Waals surface area contributed by atoms with Crippen molar-refractivity contribution in [1.29, 1.82) is 0 Å². The van der Waals surface area contributed by atoms with Crippen molar-refractivity contribution in [2.45, 2.75) is 39.7 Å². The molecule has 16 heavy (non-hydrogen) atoms. The van der Waals surface area contributed by atoms with Gasteiger partial charge in [0.15, 0.2) is 0 Å². The summed E-state index contributed by atoms with van der Waals surface area (Å²) in [4.78, 5) is 32.5. The SMILES string of the molecule is CC(C)C(C)NC(=O)NC(=O)CCC(=O)O. The predicted octanol–water partition coefficient (Wildman–Crippen LogP) is 0.721. The van der Waals surface area contributed by atoms with Crippen molar-refractivity contribution in [2.24, 2.45) is 5.92 Å². The molecule has 0 saturated carbocycles. The van der Waals surface area contributed by atoms with Gasteiger partial charge >= 0.3 is 12.0 Å². The normalized spacial score (nSPS) is 12.0. The maximum atomic E-state index is 11.2. The van der Waals surface area contributed by atoms with Gasteiger partial charge in [0.05, 0.1) is 6.42 Å². The minimum atomic E-state index is -1.06. The largest absolute Gasteiger partial charge is 0.481 e. The van der Waals surface area contributed by atoms with E-state index >= 15 is 0 Å². The molecule has 0 aliphatic carbocycles. The second-order valence-corrected chi connectivity index (χ2v) is 3.95. The number of imide groups is 1. The van der Waals surface area contributed by atoms with Crippen LogP contribution in [0.2, 0.25) is 0 Å². The third-order valence-corrected chi connectivity index (χ3v) is 2.18. The summed E-state index contributed by atoms with van der Waals surface area (Å²) < 4.78 is 0. The zero-order valence-electron chi connectivity index (χ0n) is 9.74. The minimum Gasteiger partial charge on any atom is -0.481 e. The van der Waals surface area contributed by atoms with E-state index in [1.807, 2.05) is 20.8 Å². The topological polar surface area (TPSA) is 95.5 Å². The summed E-state index contributed by atoms with van der Waals surface area (Å²) in [7, 11) is 0. The van der Waals surface area contributed by atoms with E-state index in [1.54, 1.807) is 0 Å². The zero-order valence-corrected chi connectivity index (χ0v) is 9.74. The molecule has 0 heterocycles. The van der Waals surface area contributed by atoms with E-state index in [9.17, 15) is 14.4 Å². The molecular weight excluding hydrogens is 212 g/mol. The molecule has 0 bridgehead atoms. The van der Waals surface area contributed by atoms with Crippen LogP contribution in [0.5, 0.6) is 0 Å². The summed E-state index contributed by atoms with van der Waals surface area (Å²) in [6, 6.07) is -0.635. The summed E-state index contributed by atoms with van der Waals surface area (Å²) in [6.45, 7) is 5.71. The predicted molar refractivity (Wildman–Crippen MR) is 57.8 cm³/mol. The fourth-order valence-electron chi connectivity index (χ4n) is 0.819. The maximum Gasteiger partial charge on any atom is 0.321 e. The van der Waals surface area contributed by atoms with Crippen LogP contribution < -0.4 is 10.6 Å². The van der Waals surface area contributed by atoms with Crippen molar-refractivity contribution in [1.82, 2.24) is 10.6 Å². The van der Waals surface area contributed by atoms with Gasteiger partial charge in [-0.2, -0.15) is 0 Å². The highest BCUT2D eigenvalue weighted by atomic mass is 16.4. The van der Waals surface area contributed by atoms with Crippen LogP contribution in [0.25, 0.3) is 0 Å². The molecule has 92 valence electrons. The van der Waals surface area contributed by atoms with E-state index in [4.69, 9.17) is 5.11 Å². The lowest BCUT2D eigenvalue weighted by molar-refractivity contribution is -0.138. The van der Waals surface area contributed by atoms with Gasteiger partial charge in [0.2, 0.25) is 5.91 Å². The molecule has 0 rings (SSSR count). The first-order valence-electron chi connectivity index (χ1n) is 5.15. The van der Waals surface area contributed by atoms with Crippen LogP contribution in [0.3, 0.4) is 0 Å². The van der Waals surface area contributed by atoms with Crippen LogP contribution in [0.4, 0.5) is 4.79 Å². The molecule has 0 aliphatic heterocycles. The number of carbonyl (C=O) groups is 3. The van der Waals surface area contributed by atoms with Crippen molar-refractivity contribution in [3.05, 3.63) is 0 Å². The summed E-state index contributed by atoms with van der Waals surface area (Å²) in [5.41, 5.74) is 0. The molecule has 0 aliphatic rings. The smallest absolute Gasteiger partial charge is 0.321 e. The third-order valence-electron chi connectivity index (χ3n) is 2.18. The van der Waals surface area contributed by atoms with Gasteiger partial charge in [-0.05, 0) is 12.8 Å². The Labute approximate surface area is 94.4 Å². The van der Waals surface area contributed by atoms with Crippen LogP contribution in [0.1, 0.15) is 33.6 Å². The summed E-state index contributed by atoms with van der Waals surface area (Å²) in [6.07, 6.45) is -0.475. The lowest BCUT2D eigenvalue weighted by Gasteiger charge is -2.17. The van der Waals surface area contributed by atoms with Gasteiger partial charge in [0.25, 0.3) is 0 Å². The molecule has 6 nitrogen and oxygen atoms in total. The molecule has 0 spiro atoms. The van der Waals surface area contributed by atoms with Crippen LogP contribution in [0.15, 0.2) is 0 Å². The second kappa shape index (κ2) is 6.81. The molecular formula is C10H18N2O4. The fourth-order valence-corrected chi connectivity index (χ4v) is 0.819. The van der Waals surface area contributed by atoms with E-state index in [-0.39, 0.29) is 24.8 Å². The van der Waals surface area contributed by atoms with Gasteiger partial charge < -0.3 is 10.4 Å². The van der Waals surface area contributed by atoms with Gasteiger partial charge in [-0.3, -0.25) is 14.9 Å². The first-order chi connectivity index (χ1) is 7.32. The van der Waals surface area contributed by atoms with Crippen molar-refractivity contribution < 1.29 is 19.5 Å². The van der Waals surface area contributed by atoms with E-state index in [1.165, 1.54) is 0 Å².